The van der Waals surface area contributed by atoms with Crippen LogP contribution in [0.4, 0.5) is 0 Å². The summed E-state index contributed by atoms with van der Waals surface area (Å²) in [5, 5.41) is 4.98. The van der Waals surface area contributed by atoms with Gasteiger partial charge < -0.3 is 20.3 Å². The summed E-state index contributed by atoms with van der Waals surface area (Å²) in [7, 11) is 1.49. The first-order valence-electron chi connectivity index (χ1n) is 5.14. The topological polar surface area (TPSA) is 78.5 Å². The molecule has 0 saturated heterocycles. The zero-order valence-corrected chi connectivity index (χ0v) is 10.2. The molecule has 1 unspecified atom stereocenters. The Hall–Kier alpha value is -2.03. The van der Waals surface area contributed by atoms with Crippen molar-refractivity contribution in [3.05, 3.63) is 0 Å². The minimum absolute atomic E-state index is 0.00277. The minimum atomic E-state index is -0.700. The van der Waals surface area contributed by atoms with Gasteiger partial charge in [0, 0.05) is 13.1 Å². The molecule has 6 heteroatoms. The van der Waals surface area contributed by atoms with E-state index in [4.69, 9.17) is 6.42 Å². The normalized spacial score (nSPS) is 12.8. The Labute approximate surface area is 101 Å². The molecule has 94 valence electrons. The first kappa shape index (κ1) is 15.0. The summed E-state index contributed by atoms with van der Waals surface area (Å²) in [6.07, 6.45) is 5.61. The van der Waals surface area contributed by atoms with Gasteiger partial charge in [-0.1, -0.05) is 6.42 Å². The number of rotatable bonds is 6. The average molecular weight is 239 g/mol. The largest absolute Gasteiger partial charge is 0.343 e. The number of likely N-dealkylation sites (N-methyl/N-ethyl adjacent to an activating group) is 1. The Morgan fingerprint density at radius 3 is 2.47 bits per heavy atom. The van der Waals surface area contributed by atoms with Crippen LogP contribution < -0.4 is 10.6 Å². The Kier molecular flexibility index (Phi) is 6.41. The Bertz CT molecular complexity index is 335. The molecular formula is C11H17N3O3. The molecule has 0 aromatic heterocycles. The van der Waals surface area contributed by atoms with Crippen LogP contribution in [-0.4, -0.2) is 48.7 Å². The standard InChI is InChI=1S/C11H17N3O3/c1-5-12-8(2)10(16)13-9(3)11(17)14(4)6-7-15/h1,7-9,12H,6H2,2-4H3,(H,13,16)/t8?,9-/m0/s1. The average Bonchev–Trinajstić information content (AvgIpc) is 2.28. The van der Waals surface area contributed by atoms with Crippen molar-refractivity contribution < 1.29 is 14.4 Å². The SMILES string of the molecule is C#CNC(C)C(=O)N[C@@H](C)C(=O)N(C)CC=O. The van der Waals surface area contributed by atoms with Gasteiger partial charge in [-0.25, -0.2) is 0 Å². The summed E-state index contributed by atoms with van der Waals surface area (Å²) in [5.74, 6) is -0.707. The van der Waals surface area contributed by atoms with Crippen LogP contribution in [0.3, 0.4) is 0 Å². The van der Waals surface area contributed by atoms with Crippen molar-refractivity contribution in [3.63, 3.8) is 0 Å². The van der Waals surface area contributed by atoms with E-state index in [9.17, 15) is 14.4 Å². The monoisotopic (exact) mass is 239 g/mol. The predicted octanol–water partition coefficient (Wildman–Crippen LogP) is -1.28. The van der Waals surface area contributed by atoms with E-state index in [0.29, 0.717) is 6.29 Å². The van der Waals surface area contributed by atoms with Gasteiger partial charge in [-0.2, -0.15) is 0 Å². The van der Waals surface area contributed by atoms with Crippen molar-refractivity contribution in [2.75, 3.05) is 13.6 Å². The smallest absolute Gasteiger partial charge is 0.244 e. The Morgan fingerprint density at radius 1 is 1.41 bits per heavy atom. The summed E-state index contributed by atoms with van der Waals surface area (Å²) in [4.78, 5) is 34.6. The van der Waals surface area contributed by atoms with E-state index in [1.807, 2.05) is 0 Å². The lowest BCUT2D eigenvalue weighted by Crippen LogP contribution is -2.50. The van der Waals surface area contributed by atoms with Crippen LogP contribution in [0.2, 0.25) is 0 Å². The number of aldehydes is 1. The molecule has 6 nitrogen and oxygen atoms in total. The molecule has 17 heavy (non-hydrogen) atoms. The molecule has 0 aliphatic carbocycles. The number of terminal acetylenes is 1. The third kappa shape index (κ3) is 5.02. The fourth-order valence-corrected chi connectivity index (χ4v) is 1.12. The molecular weight excluding hydrogens is 222 g/mol. The number of nitrogens with zero attached hydrogens (tertiary/aromatic N) is 1. The maximum absolute atomic E-state index is 11.6. The van der Waals surface area contributed by atoms with Gasteiger partial charge in [0.2, 0.25) is 11.8 Å². The van der Waals surface area contributed by atoms with Gasteiger partial charge in [0.15, 0.2) is 0 Å². The molecule has 2 N–H and O–H groups in total. The molecule has 0 rings (SSSR count). The van der Waals surface area contributed by atoms with E-state index in [1.165, 1.54) is 11.9 Å². The molecule has 0 radical (unpaired) electrons. The van der Waals surface area contributed by atoms with Gasteiger partial charge in [0.25, 0.3) is 0 Å². The van der Waals surface area contributed by atoms with Crippen LogP contribution in [0.5, 0.6) is 0 Å². The number of nitrogens with one attached hydrogen (secondary N) is 2. The number of carbonyl (C=O) groups excluding carboxylic acids is 3. The second-order valence-corrected chi connectivity index (χ2v) is 3.63. The van der Waals surface area contributed by atoms with Crippen LogP contribution in [0.1, 0.15) is 13.8 Å². The Balaban J connectivity index is 4.30. The third-order valence-electron chi connectivity index (χ3n) is 2.15. The number of hydrogen-bond acceptors (Lipinski definition) is 4. The lowest BCUT2D eigenvalue weighted by Gasteiger charge is -2.21. The summed E-state index contributed by atoms with van der Waals surface area (Å²) < 4.78 is 0. The van der Waals surface area contributed by atoms with E-state index in [0.717, 1.165) is 0 Å². The summed E-state index contributed by atoms with van der Waals surface area (Å²) in [6, 6.07) is 0.865. The fraction of sp³-hybridized carbons (Fsp3) is 0.545. The maximum Gasteiger partial charge on any atom is 0.244 e. The number of hydrogen-bond donors (Lipinski definition) is 2. The van der Waals surface area contributed by atoms with Crippen molar-refractivity contribution in [2.24, 2.45) is 0 Å². The zero-order valence-electron chi connectivity index (χ0n) is 10.2. The summed E-state index contributed by atoms with van der Waals surface area (Å²) in [6.45, 7) is 3.13. The van der Waals surface area contributed by atoms with Crippen molar-refractivity contribution >= 4 is 18.1 Å². The summed E-state index contributed by atoms with van der Waals surface area (Å²) >= 11 is 0. The van der Waals surface area contributed by atoms with Crippen molar-refractivity contribution in [1.29, 1.82) is 0 Å². The maximum atomic E-state index is 11.6. The lowest BCUT2D eigenvalue weighted by molar-refractivity contribution is -0.136. The quantitative estimate of drug-likeness (QED) is 0.344. The molecule has 0 heterocycles. The highest BCUT2D eigenvalue weighted by Crippen LogP contribution is 1.92. The molecule has 2 atom stereocenters. The molecule has 0 aromatic rings. The Morgan fingerprint density at radius 2 is 2.00 bits per heavy atom. The van der Waals surface area contributed by atoms with Gasteiger partial charge >= 0.3 is 0 Å². The number of amides is 2. The highest BCUT2D eigenvalue weighted by molar-refractivity contribution is 5.90. The zero-order chi connectivity index (χ0) is 13.4. The molecule has 0 fully saturated rings. The number of carbonyl (C=O) groups is 3. The van der Waals surface area contributed by atoms with E-state index >= 15 is 0 Å². The molecule has 2 amide bonds. The van der Waals surface area contributed by atoms with E-state index in [-0.39, 0.29) is 18.4 Å². The lowest BCUT2D eigenvalue weighted by atomic mass is 10.2. The second kappa shape index (κ2) is 7.28. The van der Waals surface area contributed by atoms with Gasteiger partial charge in [0.1, 0.15) is 18.4 Å². The van der Waals surface area contributed by atoms with Crippen LogP contribution in [0.25, 0.3) is 0 Å². The fourth-order valence-electron chi connectivity index (χ4n) is 1.12. The van der Waals surface area contributed by atoms with E-state index in [2.05, 4.69) is 16.7 Å². The predicted molar refractivity (Wildman–Crippen MR) is 62.7 cm³/mol. The van der Waals surface area contributed by atoms with Gasteiger partial charge in [-0.05, 0) is 13.8 Å². The van der Waals surface area contributed by atoms with Crippen LogP contribution >= 0.6 is 0 Å². The van der Waals surface area contributed by atoms with Crippen molar-refractivity contribution in [3.8, 4) is 12.5 Å². The van der Waals surface area contributed by atoms with Gasteiger partial charge in [-0.15, -0.1) is 0 Å². The van der Waals surface area contributed by atoms with E-state index < -0.39 is 12.1 Å². The molecule has 0 spiro atoms. The van der Waals surface area contributed by atoms with Crippen LogP contribution in [-0.2, 0) is 14.4 Å². The molecule has 0 aromatic carbocycles. The summed E-state index contributed by atoms with van der Waals surface area (Å²) in [5.41, 5.74) is 0. The van der Waals surface area contributed by atoms with Gasteiger partial charge in [-0.3, -0.25) is 9.59 Å². The molecule has 0 saturated carbocycles. The molecule has 0 aliphatic rings. The first-order valence-corrected chi connectivity index (χ1v) is 5.14. The van der Waals surface area contributed by atoms with Crippen molar-refractivity contribution in [1.82, 2.24) is 15.5 Å². The highest BCUT2D eigenvalue weighted by atomic mass is 16.2. The van der Waals surface area contributed by atoms with Crippen molar-refractivity contribution in [2.45, 2.75) is 25.9 Å². The third-order valence-corrected chi connectivity index (χ3v) is 2.15. The minimum Gasteiger partial charge on any atom is -0.343 e. The van der Waals surface area contributed by atoms with E-state index in [1.54, 1.807) is 13.8 Å². The molecule has 0 bridgehead atoms. The first-order chi connectivity index (χ1) is 7.93. The molecule has 0 aliphatic heterocycles. The second-order valence-electron chi connectivity index (χ2n) is 3.63. The highest BCUT2D eigenvalue weighted by Gasteiger charge is 2.21. The van der Waals surface area contributed by atoms with Crippen LogP contribution in [0, 0.1) is 12.5 Å². The van der Waals surface area contributed by atoms with Gasteiger partial charge in [0.05, 0.1) is 6.54 Å². The van der Waals surface area contributed by atoms with Crippen LogP contribution in [0.15, 0.2) is 0 Å².